The number of carbonyl (C=O) groups is 1. The Hall–Kier alpha value is -1.86. The quantitative estimate of drug-likeness (QED) is 0.778. The number of hydrogen-bond donors (Lipinski definition) is 1. The number of carbonyl (C=O) groups excluding carboxylic acids is 1. The molecule has 0 unspecified atom stereocenters. The van der Waals surface area contributed by atoms with Crippen LogP contribution in [0.2, 0.25) is 0 Å². The van der Waals surface area contributed by atoms with Crippen molar-refractivity contribution in [2.75, 3.05) is 5.32 Å². The fraction of sp³-hybridized carbons (Fsp3) is 0.286. The summed E-state index contributed by atoms with van der Waals surface area (Å²) < 4.78 is 4.78. The molecule has 21 heavy (non-hydrogen) atoms. The maximum Gasteiger partial charge on any atom is 0.270 e. The van der Waals surface area contributed by atoms with Gasteiger partial charge in [-0.1, -0.05) is 35.2 Å². The number of benzene rings is 1. The largest absolute Gasteiger partial charge is 0.297 e. The molecular weight excluding hydrogens is 304 g/mol. The van der Waals surface area contributed by atoms with E-state index >= 15 is 0 Å². The predicted molar refractivity (Wildman–Crippen MR) is 86.1 cm³/mol. The van der Waals surface area contributed by atoms with Crippen LogP contribution in [0.15, 0.2) is 24.4 Å². The molecule has 0 atom stereocenters. The zero-order chi connectivity index (χ0) is 14.7. The minimum Gasteiger partial charge on any atom is -0.297 e. The molecule has 108 valence electrons. The zero-order valence-electron chi connectivity index (χ0n) is 11.5. The number of rotatable bonds is 5. The lowest BCUT2D eigenvalue weighted by atomic mass is 10.1. The number of anilines is 1. The SMILES string of the molecule is CCCCc1ccc2nc(NC(=O)c3cnns3)sc2c1. The molecule has 2 aromatic heterocycles. The monoisotopic (exact) mass is 318 g/mol. The molecule has 3 rings (SSSR count). The first kappa shape index (κ1) is 14.1. The number of nitrogens with zero attached hydrogens (tertiary/aromatic N) is 3. The highest BCUT2D eigenvalue weighted by molar-refractivity contribution is 7.22. The summed E-state index contributed by atoms with van der Waals surface area (Å²) in [6, 6.07) is 6.28. The summed E-state index contributed by atoms with van der Waals surface area (Å²) in [5, 5.41) is 7.06. The zero-order valence-corrected chi connectivity index (χ0v) is 13.1. The van der Waals surface area contributed by atoms with Crippen molar-refractivity contribution in [3.05, 3.63) is 34.8 Å². The standard InChI is InChI=1S/C14H14N4OS2/c1-2-3-4-9-5-6-10-11(7-9)20-14(16-10)17-13(19)12-8-15-18-21-12/h5-8H,2-4H2,1H3,(H,16,17,19). The van der Waals surface area contributed by atoms with Gasteiger partial charge in [0, 0.05) is 0 Å². The first-order valence-corrected chi connectivity index (χ1v) is 8.33. The van der Waals surface area contributed by atoms with Gasteiger partial charge in [-0.15, -0.1) is 5.10 Å². The van der Waals surface area contributed by atoms with E-state index in [9.17, 15) is 4.79 Å². The van der Waals surface area contributed by atoms with E-state index in [0.29, 0.717) is 10.0 Å². The van der Waals surface area contributed by atoms with Gasteiger partial charge in [0.05, 0.1) is 16.4 Å². The topological polar surface area (TPSA) is 67.8 Å². The molecule has 0 saturated heterocycles. The number of thiazole rings is 1. The first-order chi connectivity index (χ1) is 10.3. The summed E-state index contributed by atoms with van der Waals surface area (Å²) in [5.74, 6) is -0.213. The van der Waals surface area contributed by atoms with Gasteiger partial charge in [-0.3, -0.25) is 10.1 Å². The Morgan fingerprint density at radius 2 is 2.29 bits per heavy atom. The highest BCUT2D eigenvalue weighted by Gasteiger charge is 2.12. The second kappa shape index (κ2) is 6.28. The van der Waals surface area contributed by atoms with Crippen molar-refractivity contribution in [2.45, 2.75) is 26.2 Å². The maximum atomic E-state index is 11.9. The highest BCUT2D eigenvalue weighted by atomic mass is 32.1. The molecular formula is C14H14N4OS2. The lowest BCUT2D eigenvalue weighted by Crippen LogP contribution is -2.09. The molecule has 3 aromatic rings. The fourth-order valence-electron chi connectivity index (χ4n) is 1.98. The second-order valence-electron chi connectivity index (χ2n) is 4.66. The molecule has 0 saturated carbocycles. The van der Waals surface area contributed by atoms with Crippen molar-refractivity contribution < 1.29 is 4.79 Å². The second-order valence-corrected chi connectivity index (χ2v) is 6.48. The van der Waals surface area contributed by atoms with Gasteiger partial charge in [0.25, 0.3) is 5.91 Å². The van der Waals surface area contributed by atoms with Gasteiger partial charge in [-0.25, -0.2) is 4.98 Å². The van der Waals surface area contributed by atoms with Crippen LogP contribution in [0.1, 0.15) is 35.0 Å². The Balaban J connectivity index is 1.79. The van der Waals surface area contributed by atoms with Crippen molar-refractivity contribution in [1.29, 1.82) is 0 Å². The molecule has 7 heteroatoms. The number of fused-ring (bicyclic) bond motifs is 1. The molecule has 1 amide bonds. The summed E-state index contributed by atoms with van der Waals surface area (Å²) in [6.07, 6.45) is 4.91. The van der Waals surface area contributed by atoms with Crippen molar-refractivity contribution >= 4 is 44.1 Å². The van der Waals surface area contributed by atoms with E-state index in [1.54, 1.807) is 0 Å². The number of amides is 1. The Labute approximate surface area is 130 Å². The average molecular weight is 318 g/mol. The summed E-state index contributed by atoms with van der Waals surface area (Å²) in [5.41, 5.74) is 2.23. The third-order valence-corrected chi connectivity index (χ3v) is 4.67. The molecule has 0 radical (unpaired) electrons. The lowest BCUT2D eigenvalue weighted by Gasteiger charge is -1.98. The number of nitrogens with one attached hydrogen (secondary N) is 1. The molecule has 1 N–H and O–H groups in total. The van der Waals surface area contributed by atoms with Gasteiger partial charge in [-0.05, 0) is 42.1 Å². The minimum atomic E-state index is -0.213. The highest BCUT2D eigenvalue weighted by Crippen LogP contribution is 2.27. The molecule has 1 aromatic carbocycles. The van der Waals surface area contributed by atoms with Gasteiger partial charge in [0.2, 0.25) is 0 Å². The van der Waals surface area contributed by atoms with E-state index in [4.69, 9.17) is 0 Å². The van der Waals surface area contributed by atoms with Crippen LogP contribution in [0.5, 0.6) is 0 Å². The Kier molecular flexibility index (Phi) is 4.21. The van der Waals surface area contributed by atoms with E-state index in [0.717, 1.165) is 28.2 Å². The summed E-state index contributed by atoms with van der Waals surface area (Å²) in [4.78, 5) is 16.9. The van der Waals surface area contributed by atoms with Gasteiger partial charge in [-0.2, -0.15) is 0 Å². The van der Waals surface area contributed by atoms with E-state index in [1.807, 2.05) is 6.07 Å². The third kappa shape index (κ3) is 3.25. The number of unbranched alkanes of at least 4 members (excludes halogenated alkanes) is 1. The van der Waals surface area contributed by atoms with Crippen LogP contribution in [-0.2, 0) is 6.42 Å². The molecule has 0 aliphatic carbocycles. The van der Waals surface area contributed by atoms with Gasteiger partial charge in [0.1, 0.15) is 4.88 Å². The van der Waals surface area contributed by atoms with E-state index < -0.39 is 0 Å². The molecule has 2 heterocycles. The van der Waals surface area contributed by atoms with Crippen LogP contribution in [0, 0.1) is 0 Å². The van der Waals surface area contributed by atoms with Crippen molar-refractivity contribution in [3.8, 4) is 0 Å². The normalized spacial score (nSPS) is 10.9. The molecule has 0 aliphatic rings. The van der Waals surface area contributed by atoms with Crippen molar-refractivity contribution in [3.63, 3.8) is 0 Å². The number of aryl methyl sites for hydroxylation is 1. The van der Waals surface area contributed by atoms with Crippen LogP contribution in [0.4, 0.5) is 5.13 Å². The molecule has 0 bridgehead atoms. The molecule has 0 aliphatic heterocycles. The van der Waals surface area contributed by atoms with Gasteiger partial charge < -0.3 is 0 Å². The third-order valence-electron chi connectivity index (χ3n) is 3.08. The van der Waals surface area contributed by atoms with Crippen molar-refractivity contribution in [2.24, 2.45) is 0 Å². The maximum absolute atomic E-state index is 11.9. The van der Waals surface area contributed by atoms with E-state index in [-0.39, 0.29) is 5.91 Å². The minimum absolute atomic E-state index is 0.213. The fourth-order valence-corrected chi connectivity index (χ4v) is 3.32. The lowest BCUT2D eigenvalue weighted by molar-refractivity contribution is 0.103. The average Bonchev–Trinajstić information content (AvgIpc) is 3.13. The summed E-state index contributed by atoms with van der Waals surface area (Å²) in [6.45, 7) is 2.19. The van der Waals surface area contributed by atoms with Crippen LogP contribution in [-0.4, -0.2) is 20.5 Å². The van der Waals surface area contributed by atoms with E-state index in [1.165, 1.54) is 35.9 Å². The summed E-state index contributed by atoms with van der Waals surface area (Å²) in [7, 11) is 0. The number of hydrogen-bond acceptors (Lipinski definition) is 6. The predicted octanol–water partition coefficient (Wildman–Crippen LogP) is 3.74. The molecule has 0 fully saturated rings. The first-order valence-electron chi connectivity index (χ1n) is 6.74. The molecule has 5 nitrogen and oxygen atoms in total. The Bertz CT molecular complexity index is 752. The van der Waals surface area contributed by atoms with Crippen LogP contribution < -0.4 is 5.32 Å². The number of aromatic nitrogens is 3. The van der Waals surface area contributed by atoms with Crippen LogP contribution in [0.3, 0.4) is 0 Å². The molecule has 0 spiro atoms. The smallest absolute Gasteiger partial charge is 0.270 e. The van der Waals surface area contributed by atoms with Crippen LogP contribution in [0.25, 0.3) is 10.2 Å². The van der Waals surface area contributed by atoms with Crippen molar-refractivity contribution in [1.82, 2.24) is 14.6 Å². The van der Waals surface area contributed by atoms with E-state index in [2.05, 4.69) is 38.9 Å². The Morgan fingerprint density at radius 3 is 3.05 bits per heavy atom. The Morgan fingerprint density at radius 1 is 1.38 bits per heavy atom. The van der Waals surface area contributed by atoms with Crippen LogP contribution >= 0.6 is 22.9 Å². The van der Waals surface area contributed by atoms with Gasteiger partial charge >= 0.3 is 0 Å². The summed E-state index contributed by atoms with van der Waals surface area (Å²) >= 11 is 2.56. The van der Waals surface area contributed by atoms with Gasteiger partial charge in [0.15, 0.2) is 5.13 Å².